The van der Waals surface area contributed by atoms with Crippen LogP contribution in [0.2, 0.25) is 0 Å². The van der Waals surface area contributed by atoms with E-state index in [1.165, 1.54) is 0 Å². The number of aliphatic imine (C=N–C) groups is 1. The van der Waals surface area contributed by atoms with E-state index >= 15 is 0 Å². The zero-order valence-electron chi connectivity index (χ0n) is 7.77. The van der Waals surface area contributed by atoms with E-state index in [4.69, 9.17) is 0 Å². The van der Waals surface area contributed by atoms with Crippen molar-refractivity contribution in [2.45, 2.75) is 6.92 Å². The average molecular weight is 175 g/mol. The van der Waals surface area contributed by atoms with Crippen molar-refractivity contribution in [2.75, 3.05) is 19.6 Å². The van der Waals surface area contributed by atoms with Crippen LogP contribution in [-0.4, -0.2) is 35.4 Å². The van der Waals surface area contributed by atoms with Crippen molar-refractivity contribution >= 4 is 5.84 Å². The maximum atomic E-state index is 4.46. The fraction of sp³-hybridized carbons (Fsp3) is 0.400. The number of aromatic nitrogens is 1. The lowest BCUT2D eigenvalue weighted by Gasteiger charge is -2.17. The number of nitrogens with zero attached hydrogens (tertiary/aromatic N) is 3. The van der Waals surface area contributed by atoms with E-state index in [1.54, 1.807) is 6.20 Å². The Hall–Kier alpha value is -1.38. The Kier molecular flexibility index (Phi) is 2.25. The molecule has 0 radical (unpaired) electrons. The predicted octanol–water partition coefficient (Wildman–Crippen LogP) is 1.16. The first-order chi connectivity index (χ1) is 6.42. The van der Waals surface area contributed by atoms with Crippen molar-refractivity contribution in [3.05, 3.63) is 30.1 Å². The third kappa shape index (κ3) is 1.54. The summed E-state index contributed by atoms with van der Waals surface area (Å²) < 4.78 is 0. The Morgan fingerprint density at radius 3 is 3.15 bits per heavy atom. The molecule has 0 amide bonds. The summed E-state index contributed by atoms with van der Waals surface area (Å²) in [6, 6.07) is 4.00. The lowest BCUT2D eigenvalue weighted by molar-refractivity contribution is 0.484. The lowest BCUT2D eigenvalue weighted by atomic mass is 10.2. The van der Waals surface area contributed by atoms with Gasteiger partial charge in [-0.05, 0) is 19.1 Å². The summed E-state index contributed by atoms with van der Waals surface area (Å²) in [5, 5.41) is 0. The minimum atomic E-state index is 0.915. The maximum absolute atomic E-state index is 4.46. The van der Waals surface area contributed by atoms with Gasteiger partial charge in [-0.15, -0.1) is 0 Å². The van der Waals surface area contributed by atoms with E-state index in [0.717, 1.165) is 31.0 Å². The van der Waals surface area contributed by atoms with Gasteiger partial charge >= 0.3 is 0 Å². The number of likely N-dealkylation sites (N-methyl/N-ethyl adjacent to an activating group) is 1. The Balaban J connectivity index is 2.26. The highest BCUT2D eigenvalue weighted by atomic mass is 15.2. The molecule has 3 heteroatoms. The molecule has 1 aliphatic rings. The summed E-state index contributed by atoms with van der Waals surface area (Å²) in [5.41, 5.74) is 1.13. The van der Waals surface area contributed by atoms with Crippen LogP contribution in [-0.2, 0) is 0 Å². The third-order valence-corrected chi connectivity index (χ3v) is 2.23. The van der Waals surface area contributed by atoms with Crippen LogP contribution < -0.4 is 0 Å². The van der Waals surface area contributed by atoms with Gasteiger partial charge in [0.05, 0.1) is 6.54 Å². The van der Waals surface area contributed by atoms with Gasteiger partial charge in [0.1, 0.15) is 5.84 Å². The molecule has 0 N–H and O–H groups in total. The molecule has 0 aliphatic carbocycles. The number of hydrogen-bond acceptors (Lipinski definition) is 3. The van der Waals surface area contributed by atoms with Crippen molar-refractivity contribution < 1.29 is 0 Å². The van der Waals surface area contributed by atoms with E-state index in [1.807, 2.05) is 12.3 Å². The molecule has 13 heavy (non-hydrogen) atoms. The maximum Gasteiger partial charge on any atom is 0.132 e. The van der Waals surface area contributed by atoms with Crippen LogP contribution in [0, 0.1) is 0 Å². The van der Waals surface area contributed by atoms with E-state index in [0.29, 0.717) is 0 Å². The quantitative estimate of drug-likeness (QED) is 0.675. The number of hydrogen-bond donors (Lipinski definition) is 0. The fourth-order valence-corrected chi connectivity index (χ4v) is 1.56. The molecule has 0 aromatic carbocycles. The molecule has 0 unspecified atom stereocenters. The standard InChI is InChI=1S/C10H13N3/c1-2-13-7-6-12-10(13)9-4-3-5-11-8-9/h3-5,8H,2,6-7H2,1H3. The molecule has 0 saturated heterocycles. The first-order valence-electron chi connectivity index (χ1n) is 4.61. The monoisotopic (exact) mass is 175 g/mol. The average Bonchev–Trinajstić information content (AvgIpc) is 2.67. The Labute approximate surface area is 78.1 Å². The van der Waals surface area contributed by atoms with E-state index in [2.05, 4.69) is 27.9 Å². The molecule has 2 rings (SSSR count). The van der Waals surface area contributed by atoms with Crippen LogP contribution in [0.5, 0.6) is 0 Å². The predicted molar refractivity (Wildman–Crippen MR) is 52.9 cm³/mol. The Morgan fingerprint density at radius 2 is 2.46 bits per heavy atom. The molecule has 1 aliphatic heterocycles. The second kappa shape index (κ2) is 3.56. The second-order valence-electron chi connectivity index (χ2n) is 3.03. The van der Waals surface area contributed by atoms with Crippen LogP contribution >= 0.6 is 0 Å². The molecule has 1 aromatic rings. The van der Waals surface area contributed by atoms with Gasteiger partial charge in [0.15, 0.2) is 0 Å². The summed E-state index contributed by atoms with van der Waals surface area (Å²) in [4.78, 5) is 10.8. The molecule has 2 heterocycles. The van der Waals surface area contributed by atoms with E-state index in [9.17, 15) is 0 Å². The van der Waals surface area contributed by atoms with Gasteiger partial charge in [-0.1, -0.05) is 0 Å². The van der Waals surface area contributed by atoms with Crippen molar-refractivity contribution in [2.24, 2.45) is 4.99 Å². The van der Waals surface area contributed by atoms with Gasteiger partial charge in [0.2, 0.25) is 0 Å². The molecule has 0 saturated carbocycles. The number of amidine groups is 1. The molecule has 68 valence electrons. The minimum Gasteiger partial charge on any atom is -0.355 e. The largest absolute Gasteiger partial charge is 0.355 e. The van der Waals surface area contributed by atoms with Crippen LogP contribution in [0.4, 0.5) is 0 Å². The van der Waals surface area contributed by atoms with Gasteiger partial charge in [-0.2, -0.15) is 0 Å². The number of pyridine rings is 1. The summed E-state index contributed by atoms with van der Waals surface area (Å²) in [6.07, 6.45) is 3.65. The van der Waals surface area contributed by atoms with Gasteiger partial charge in [0.25, 0.3) is 0 Å². The lowest BCUT2D eigenvalue weighted by Crippen LogP contribution is -2.27. The topological polar surface area (TPSA) is 28.5 Å². The van der Waals surface area contributed by atoms with Crippen molar-refractivity contribution in [3.63, 3.8) is 0 Å². The molecule has 0 fully saturated rings. The first kappa shape index (κ1) is 8.23. The zero-order chi connectivity index (χ0) is 9.10. The molecular formula is C10H13N3. The van der Waals surface area contributed by atoms with Gasteiger partial charge in [-0.3, -0.25) is 9.98 Å². The number of rotatable bonds is 2. The van der Waals surface area contributed by atoms with Gasteiger partial charge in [0, 0.05) is 31.0 Å². The third-order valence-electron chi connectivity index (χ3n) is 2.23. The summed E-state index contributed by atoms with van der Waals surface area (Å²) in [5.74, 6) is 1.09. The molecule has 3 nitrogen and oxygen atoms in total. The normalized spacial score (nSPS) is 16.1. The Bertz CT molecular complexity index is 305. The molecule has 0 bridgehead atoms. The van der Waals surface area contributed by atoms with Crippen LogP contribution in [0.25, 0.3) is 0 Å². The highest BCUT2D eigenvalue weighted by molar-refractivity contribution is 5.99. The van der Waals surface area contributed by atoms with Gasteiger partial charge in [-0.25, -0.2) is 0 Å². The molecular weight excluding hydrogens is 162 g/mol. The Morgan fingerprint density at radius 1 is 1.54 bits per heavy atom. The minimum absolute atomic E-state index is 0.915. The first-order valence-corrected chi connectivity index (χ1v) is 4.61. The highest BCUT2D eigenvalue weighted by Gasteiger charge is 2.16. The van der Waals surface area contributed by atoms with E-state index in [-0.39, 0.29) is 0 Å². The van der Waals surface area contributed by atoms with Gasteiger partial charge < -0.3 is 4.90 Å². The summed E-state index contributed by atoms with van der Waals surface area (Å²) >= 11 is 0. The van der Waals surface area contributed by atoms with Crippen LogP contribution in [0.15, 0.2) is 29.5 Å². The van der Waals surface area contributed by atoms with E-state index < -0.39 is 0 Å². The highest BCUT2D eigenvalue weighted by Crippen LogP contribution is 2.09. The van der Waals surface area contributed by atoms with Crippen LogP contribution in [0.3, 0.4) is 0 Å². The SMILES string of the molecule is CCN1CCN=C1c1cccnc1. The van der Waals surface area contributed by atoms with Crippen molar-refractivity contribution in [1.82, 2.24) is 9.88 Å². The summed E-state index contributed by atoms with van der Waals surface area (Å²) in [7, 11) is 0. The van der Waals surface area contributed by atoms with Crippen molar-refractivity contribution in [3.8, 4) is 0 Å². The van der Waals surface area contributed by atoms with Crippen molar-refractivity contribution in [1.29, 1.82) is 0 Å². The molecule has 1 aromatic heterocycles. The smallest absolute Gasteiger partial charge is 0.132 e. The summed E-state index contributed by atoms with van der Waals surface area (Å²) in [6.45, 7) is 5.13. The van der Waals surface area contributed by atoms with Crippen LogP contribution in [0.1, 0.15) is 12.5 Å². The zero-order valence-corrected chi connectivity index (χ0v) is 7.77. The fourth-order valence-electron chi connectivity index (χ4n) is 1.56. The molecule has 0 spiro atoms. The second-order valence-corrected chi connectivity index (χ2v) is 3.03. The molecule has 0 atom stereocenters.